The summed E-state index contributed by atoms with van der Waals surface area (Å²) in [6.45, 7) is 0.290. The molecular formula is C31H23Cl2F4N3O4. The van der Waals surface area contributed by atoms with Gasteiger partial charge in [-0.05, 0) is 60.7 Å². The molecule has 44 heavy (non-hydrogen) atoms. The van der Waals surface area contributed by atoms with E-state index in [4.69, 9.17) is 23.2 Å². The van der Waals surface area contributed by atoms with Crippen LogP contribution in [0.2, 0.25) is 10.0 Å². The quantitative estimate of drug-likeness (QED) is 0.307. The molecule has 4 aliphatic rings. The minimum Gasteiger partial charge on any atom is -0.478 e. The maximum absolute atomic E-state index is 16.0. The Morgan fingerprint density at radius 2 is 1.82 bits per heavy atom. The van der Waals surface area contributed by atoms with Crippen molar-refractivity contribution in [1.29, 1.82) is 0 Å². The maximum Gasteiger partial charge on any atom is 0.417 e. The summed E-state index contributed by atoms with van der Waals surface area (Å²) in [7, 11) is 0. The number of rotatable bonds is 5. The van der Waals surface area contributed by atoms with E-state index in [0.717, 1.165) is 25.0 Å². The molecule has 0 bridgehead atoms. The molecule has 2 unspecified atom stereocenters. The van der Waals surface area contributed by atoms with Gasteiger partial charge in [0.05, 0.1) is 22.1 Å². The van der Waals surface area contributed by atoms with Gasteiger partial charge in [-0.2, -0.15) is 13.2 Å². The number of aromatic carboxylic acids is 1. The Hall–Kier alpha value is -3.67. The lowest BCUT2D eigenvalue weighted by molar-refractivity contribution is -0.138. The summed E-state index contributed by atoms with van der Waals surface area (Å²) in [5.74, 6) is -5.57. The number of amides is 2. The van der Waals surface area contributed by atoms with E-state index >= 15 is 4.39 Å². The number of nitrogens with zero attached hydrogens (tertiary/aromatic N) is 2. The van der Waals surface area contributed by atoms with Crippen molar-refractivity contribution in [2.45, 2.75) is 36.5 Å². The van der Waals surface area contributed by atoms with E-state index in [-0.39, 0.29) is 28.7 Å². The molecule has 0 radical (unpaired) electrons. The first-order valence-electron chi connectivity index (χ1n) is 13.9. The number of benzene rings is 3. The molecule has 13 heteroatoms. The number of carboxylic acids is 1. The molecule has 228 valence electrons. The fourth-order valence-corrected chi connectivity index (χ4v) is 7.72. The predicted molar refractivity (Wildman–Crippen MR) is 153 cm³/mol. The zero-order valence-electron chi connectivity index (χ0n) is 22.7. The van der Waals surface area contributed by atoms with Crippen LogP contribution in [0.15, 0.2) is 54.6 Å². The summed E-state index contributed by atoms with van der Waals surface area (Å²) in [6.07, 6.45) is -3.22. The Morgan fingerprint density at radius 1 is 1.07 bits per heavy atom. The Morgan fingerprint density at radius 3 is 2.50 bits per heavy atom. The van der Waals surface area contributed by atoms with Crippen LogP contribution >= 0.6 is 23.2 Å². The van der Waals surface area contributed by atoms with E-state index in [1.807, 2.05) is 4.90 Å². The smallest absolute Gasteiger partial charge is 0.417 e. The fraction of sp³-hybridized carbons (Fsp3) is 0.323. The molecule has 3 aromatic carbocycles. The van der Waals surface area contributed by atoms with Gasteiger partial charge in [-0.25, -0.2) is 9.18 Å². The van der Waals surface area contributed by atoms with Gasteiger partial charge in [0.25, 0.3) is 0 Å². The number of carbonyl (C=O) groups excluding carboxylic acids is 2. The van der Waals surface area contributed by atoms with Crippen molar-refractivity contribution in [1.82, 2.24) is 4.90 Å². The number of hydrogen-bond acceptors (Lipinski definition) is 4. The van der Waals surface area contributed by atoms with Crippen LogP contribution in [0.4, 0.5) is 28.9 Å². The number of fused-ring (bicyclic) bond motifs is 3. The highest BCUT2D eigenvalue weighted by atomic mass is 35.5. The average molecular weight is 648 g/mol. The van der Waals surface area contributed by atoms with Crippen molar-refractivity contribution >= 4 is 52.4 Å². The zero-order chi connectivity index (χ0) is 31.3. The summed E-state index contributed by atoms with van der Waals surface area (Å²) >= 11 is 12.5. The van der Waals surface area contributed by atoms with Crippen LogP contribution in [0.5, 0.6) is 0 Å². The summed E-state index contributed by atoms with van der Waals surface area (Å²) in [6, 6.07) is 11.2. The lowest BCUT2D eigenvalue weighted by Gasteiger charge is -2.41. The largest absolute Gasteiger partial charge is 0.478 e. The van der Waals surface area contributed by atoms with Crippen LogP contribution in [0.25, 0.3) is 0 Å². The minimum absolute atomic E-state index is 0.0381. The van der Waals surface area contributed by atoms with E-state index < -0.39 is 64.3 Å². The summed E-state index contributed by atoms with van der Waals surface area (Å²) < 4.78 is 57.7. The normalized spacial score (nSPS) is 26.3. The average Bonchev–Trinajstić information content (AvgIpc) is 3.58. The zero-order valence-corrected chi connectivity index (χ0v) is 24.2. The minimum atomic E-state index is -5.00. The molecule has 3 fully saturated rings. The molecular weight excluding hydrogens is 625 g/mol. The van der Waals surface area contributed by atoms with E-state index in [2.05, 4.69) is 5.32 Å². The van der Waals surface area contributed by atoms with Gasteiger partial charge in [-0.15, -0.1) is 0 Å². The number of carbonyl (C=O) groups is 3. The van der Waals surface area contributed by atoms with Crippen molar-refractivity contribution in [2.75, 3.05) is 23.3 Å². The second kappa shape index (κ2) is 9.92. The highest BCUT2D eigenvalue weighted by Gasteiger charge is 2.71. The van der Waals surface area contributed by atoms with Crippen molar-refractivity contribution < 1.29 is 37.1 Å². The third-order valence-electron chi connectivity index (χ3n) is 9.30. The van der Waals surface area contributed by atoms with Gasteiger partial charge >= 0.3 is 12.1 Å². The monoisotopic (exact) mass is 647 g/mol. The topological polar surface area (TPSA) is 90.0 Å². The van der Waals surface area contributed by atoms with Crippen LogP contribution in [-0.4, -0.2) is 46.9 Å². The Labute approximate surface area is 258 Å². The molecule has 3 aliphatic heterocycles. The standard InChI is InChI=1S/C31H23Cl2F4N3O4/c32-15-6-9-19-22(10-15)38-29(44)30(19)25(18-2-1-3-21(33)26(18)34)24-23(40(30)12-14-4-5-14)13-39(27(24)41)16-7-8-17(28(42)43)20(11-16)31(35,36)37/h1-3,6-11,14,23-25H,4-5,12-13H2,(H,38,44)(H,42,43)/t23?,24-,25+,30?/m1/s1. The van der Waals surface area contributed by atoms with Gasteiger partial charge in [0, 0.05) is 47.0 Å². The third kappa shape index (κ3) is 4.16. The lowest BCUT2D eigenvalue weighted by Crippen LogP contribution is -2.54. The summed E-state index contributed by atoms with van der Waals surface area (Å²) in [5.41, 5.74) is -3.02. The highest BCUT2D eigenvalue weighted by molar-refractivity contribution is 6.31. The van der Waals surface area contributed by atoms with Crippen LogP contribution < -0.4 is 10.2 Å². The molecule has 0 aromatic heterocycles. The molecule has 7 rings (SSSR count). The Balaban J connectivity index is 1.43. The summed E-state index contributed by atoms with van der Waals surface area (Å²) in [4.78, 5) is 43.3. The fourth-order valence-electron chi connectivity index (χ4n) is 7.37. The van der Waals surface area contributed by atoms with Gasteiger partial charge in [0.2, 0.25) is 11.8 Å². The Bertz CT molecular complexity index is 1760. The number of nitrogens with one attached hydrogen (secondary N) is 1. The van der Waals surface area contributed by atoms with Crippen LogP contribution in [-0.2, 0) is 21.3 Å². The van der Waals surface area contributed by atoms with E-state index in [9.17, 15) is 32.7 Å². The second-order valence-corrected chi connectivity index (χ2v) is 12.5. The maximum atomic E-state index is 16.0. The lowest BCUT2D eigenvalue weighted by atomic mass is 9.71. The van der Waals surface area contributed by atoms with E-state index in [1.165, 1.54) is 23.1 Å². The summed E-state index contributed by atoms with van der Waals surface area (Å²) in [5, 5.41) is 12.4. The first-order valence-corrected chi connectivity index (χ1v) is 14.7. The van der Waals surface area contributed by atoms with Crippen molar-refractivity contribution in [2.24, 2.45) is 11.8 Å². The number of hydrogen-bond donors (Lipinski definition) is 2. The van der Waals surface area contributed by atoms with Crippen LogP contribution in [0.3, 0.4) is 0 Å². The molecule has 2 N–H and O–H groups in total. The highest BCUT2D eigenvalue weighted by Crippen LogP contribution is 2.62. The van der Waals surface area contributed by atoms with E-state index in [1.54, 1.807) is 18.2 Å². The number of halogens is 6. The van der Waals surface area contributed by atoms with Crippen LogP contribution in [0.1, 0.15) is 45.8 Å². The Kier molecular flexibility index (Phi) is 6.55. The predicted octanol–water partition coefficient (Wildman–Crippen LogP) is 6.54. The molecule has 1 saturated carbocycles. The molecule has 7 nitrogen and oxygen atoms in total. The third-order valence-corrected chi connectivity index (χ3v) is 9.83. The first kappa shape index (κ1) is 29.1. The van der Waals surface area contributed by atoms with Crippen LogP contribution in [0, 0.1) is 17.7 Å². The number of anilines is 2. The van der Waals surface area contributed by atoms with Gasteiger partial charge in [-0.3, -0.25) is 14.5 Å². The van der Waals surface area contributed by atoms with Crippen molar-refractivity contribution in [3.05, 3.63) is 92.7 Å². The second-order valence-electron chi connectivity index (χ2n) is 11.7. The van der Waals surface area contributed by atoms with E-state index in [0.29, 0.717) is 28.9 Å². The number of likely N-dealkylation sites (tertiary alicyclic amines) is 1. The molecule has 4 atom stereocenters. The number of alkyl halides is 3. The molecule has 2 saturated heterocycles. The van der Waals surface area contributed by atoms with Gasteiger partial charge in [0.15, 0.2) is 0 Å². The SMILES string of the molecule is O=C(O)c1ccc(N2CC3[C@@H](C2=O)[C@H](c2cccc(Cl)c2F)C2(C(=O)Nc4cc(Cl)ccc42)N3CC2CC2)cc1C(F)(F)F. The first-order chi connectivity index (χ1) is 20.8. The number of carboxylic acid groups (broad SMARTS) is 1. The van der Waals surface area contributed by atoms with Crippen molar-refractivity contribution in [3.8, 4) is 0 Å². The van der Waals surface area contributed by atoms with Crippen molar-refractivity contribution in [3.63, 3.8) is 0 Å². The molecule has 1 spiro atoms. The van der Waals surface area contributed by atoms with Gasteiger partial charge < -0.3 is 15.3 Å². The molecule has 2 amide bonds. The molecule has 1 aliphatic carbocycles. The molecule has 3 heterocycles. The van der Waals surface area contributed by atoms with Gasteiger partial charge in [-0.1, -0.05) is 41.4 Å². The van der Waals surface area contributed by atoms with Gasteiger partial charge in [0.1, 0.15) is 11.4 Å². The molecule has 3 aromatic rings.